The Morgan fingerprint density at radius 2 is 2.25 bits per heavy atom. The number of nitrogens with zero attached hydrogens (tertiary/aromatic N) is 1. The molecule has 20 heavy (non-hydrogen) atoms. The van der Waals surface area contributed by atoms with Crippen LogP contribution in [0.4, 0.5) is 0 Å². The highest BCUT2D eigenvalue weighted by atomic mass is 35.5. The Labute approximate surface area is 129 Å². The van der Waals surface area contributed by atoms with Crippen LogP contribution < -0.4 is 5.32 Å². The van der Waals surface area contributed by atoms with Gasteiger partial charge in [-0.15, -0.1) is 11.3 Å². The maximum Gasteiger partial charge on any atom is 0.0798 e. The predicted molar refractivity (Wildman–Crippen MR) is 85.4 cm³/mol. The molecule has 1 aliphatic rings. The monoisotopic (exact) mass is 306 g/mol. The number of hydrogen-bond donors (Lipinski definition) is 1. The van der Waals surface area contributed by atoms with Crippen molar-refractivity contribution in [3.8, 4) is 0 Å². The number of hydrogen-bond acceptors (Lipinski definition) is 3. The third kappa shape index (κ3) is 2.50. The Bertz CT molecular complexity index is 633. The van der Waals surface area contributed by atoms with Gasteiger partial charge in [0, 0.05) is 22.5 Å². The van der Waals surface area contributed by atoms with E-state index < -0.39 is 0 Å². The summed E-state index contributed by atoms with van der Waals surface area (Å²) in [5, 5.41) is 4.53. The molecule has 0 aliphatic heterocycles. The maximum atomic E-state index is 6.17. The molecule has 3 rings (SSSR count). The smallest absolute Gasteiger partial charge is 0.0798 e. The summed E-state index contributed by atoms with van der Waals surface area (Å²) in [6.07, 6.45) is 1.10. The van der Waals surface area contributed by atoms with Crippen molar-refractivity contribution in [2.24, 2.45) is 5.41 Å². The van der Waals surface area contributed by atoms with Gasteiger partial charge >= 0.3 is 0 Å². The second-order valence-electron chi connectivity index (χ2n) is 6.18. The predicted octanol–water partition coefficient (Wildman–Crippen LogP) is 4.52. The highest BCUT2D eigenvalue weighted by molar-refractivity contribution is 7.09. The van der Waals surface area contributed by atoms with E-state index in [4.69, 9.17) is 11.6 Å². The van der Waals surface area contributed by atoms with E-state index in [1.807, 2.05) is 11.6 Å². The van der Waals surface area contributed by atoms with Gasteiger partial charge in [-0.1, -0.05) is 31.5 Å². The Balaban J connectivity index is 1.85. The summed E-state index contributed by atoms with van der Waals surface area (Å²) in [5.41, 5.74) is 6.02. The lowest BCUT2D eigenvalue weighted by molar-refractivity contribution is 0.268. The van der Waals surface area contributed by atoms with Crippen LogP contribution in [0, 0.1) is 12.3 Å². The van der Waals surface area contributed by atoms with E-state index >= 15 is 0 Å². The van der Waals surface area contributed by atoms with Crippen molar-refractivity contribution in [1.29, 1.82) is 0 Å². The summed E-state index contributed by atoms with van der Waals surface area (Å²) < 4.78 is 0. The number of aromatic nitrogens is 1. The molecule has 0 radical (unpaired) electrons. The maximum absolute atomic E-state index is 6.17. The molecule has 1 unspecified atom stereocenters. The molecule has 1 aromatic carbocycles. The van der Waals surface area contributed by atoms with Crippen molar-refractivity contribution >= 4 is 22.9 Å². The molecule has 2 nitrogen and oxygen atoms in total. The van der Waals surface area contributed by atoms with Crippen molar-refractivity contribution in [2.75, 3.05) is 0 Å². The van der Waals surface area contributed by atoms with Gasteiger partial charge in [0.1, 0.15) is 0 Å². The second-order valence-corrected chi connectivity index (χ2v) is 7.56. The molecule has 0 saturated heterocycles. The number of aryl methyl sites for hydroxylation is 1. The van der Waals surface area contributed by atoms with Crippen molar-refractivity contribution in [2.45, 2.75) is 39.8 Å². The van der Waals surface area contributed by atoms with E-state index in [1.54, 1.807) is 11.3 Å². The lowest BCUT2D eigenvalue weighted by Gasteiger charge is -2.28. The van der Waals surface area contributed by atoms with Gasteiger partial charge in [-0.25, -0.2) is 4.98 Å². The minimum Gasteiger partial charge on any atom is -0.304 e. The number of thiazole rings is 1. The van der Waals surface area contributed by atoms with Gasteiger partial charge in [0.05, 0.1) is 11.2 Å². The van der Waals surface area contributed by atoms with Crippen LogP contribution in [0.2, 0.25) is 5.02 Å². The average molecular weight is 307 g/mol. The normalized spacial score (nSPS) is 20.1. The minimum absolute atomic E-state index is 0.214. The topological polar surface area (TPSA) is 24.9 Å². The SMILES string of the molecule is Cc1ncsc1CNC1c2cc(Cl)ccc2CC1(C)C. The van der Waals surface area contributed by atoms with Crippen LogP contribution >= 0.6 is 22.9 Å². The summed E-state index contributed by atoms with van der Waals surface area (Å²) in [7, 11) is 0. The zero-order chi connectivity index (χ0) is 14.3. The Morgan fingerprint density at radius 3 is 2.95 bits per heavy atom. The highest BCUT2D eigenvalue weighted by Gasteiger charge is 2.38. The minimum atomic E-state index is 0.214. The lowest BCUT2D eigenvalue weighted by atomic mass is 9.85. The third-order valence-electron chi connectivity index (χ3n) is 4.16. The van der Waals surface area contributed by atoms with Gasteiger partial charge in [0.15, 0.2) is 0 Å². The summed E-state index contributed by atoms with van der Waals surface area (Å²) in [6.45, 7) is 7.57. The molecule has 0 saturated carbocycles. The highest BCUT2D eigenvalue weighted by Crippen LogP contribution is 2.46. The second kappa shape index (κ2) is 5.14. The summed E-state index contributed by atoms with van der Waals surface area (Å²) in [4.78, 5) is 5.63. The molecule has 1 N–H and O–H groups in total. The molecule has 0 bridgehead atoms. The lowest BCUT2D eigenvalue weighted by Crippen LogP contribution is -2.30. The molecule has 1 aliphatic carbocycles. The molecule has 0 amide bonds. The number of nitrogens with one attached hydrogen (secondary N) is 1. The Morgan fingerprint density at radius 1 is 1.45 bits per heavy atom. The van der Waals surface area contributed by atoms with E-state index in [-0.39, 0.29) is 5.41 Å². The zero-order valence-electron chi connectivity index (χ0n) is 12.0. The zero-order valence-corrected chi connectivity index (χ0v) is 13.6. The van der Waals surface area contributed by atoms with E-state index in [1.165, 1.54) is 16.0 Å². The van der Waals surface area contributed by atoms with Gasteiger partial charge in [0.25, 0.3) is 0 Å². The van der Waals surface area contributed by atoms with Gasteiger partial charge in [-0.3, -0.25) is 0 Å². The van der Waals surface area contributed by atoms with Crippen molar-refractivity contribution in [3.63, 3.8) is 0 Å². The van der Waals surface area contributed by atoms with Crippen LogP contribution in [0.15, 0.2) is 23.7 Å². The molecule has 1 heterocycles. The van der Waals surface area contributed by atoms with Crippen molar-refractivity contribution < 1.29 is 0 Å². The summed E-state index contributed by atoms with van der Waals surface area (Å²) >= 11 is 7.89. The largest absolute Gasteiger partial charge is 0.304 e. The van der Waals surface area contributed by atoms with Gasteiger partial charge in [-0.05, 0) is 42.0 Å². The van der Waals surface area contributed by atoms with Crippen LogP contribution in [0.25, 0.3) is 0 Å². The fourth-order valence-corrected chi connectivity index (χ4v) is 3.99. The van der Waals surface area contributed by atoms with E-state index in [0.29, 0.717) is 6.04 Å². The van der Waals surface area contributed by atoms with Crippen LogP contribution in [-0.2, 0) is 13.0 Å². The van der Waals surface area contributed by atoms with Gasteiger partial charge in [0.2, 0.25) is 0 Å². The van der Waals surface area contributed by atoms with E-state index in [0.717, 1.165) is 23.7 Å². The van der Waals surface area contributed by atoms with Gasteiger partial charge in [-0.2, -0.15) is 0 Å². The number of rotatable bonds is 3. The fraction of sp³-hybridized carbons (Fsp3) is 0.438. The van der Waals surface area contributed by atoms with Crippen LogP contribution in [0.3, 0.4) is 0 Å². The van der Waals surface area contributed by atoms with Crippen LogP contribution in [0.1, 0.15) is 41.6 Å². The molecular formula is C16H19ClN2S. The molecular weight excluding hydrogens is 288 g/mol. The van der Waals surface area contributed by atoms with Gasteiger partial charge < -0.3 is 5.32 Å². The number of benzene rings is 1. The first kappa shape index (κ1) is 14.1. The molecule has 4 heteroatoms. The quantitative estimate of drug-likeness (QED) is 0.902. The molecule has 106 valence electrons. The van der Waals surface area contributed by atoms with Crippen molar-refractivity contribution in [1.82, 2.24) is 10.3 Å². The first-order chi connectivity index (χ1) is 9.47. The summed E-state index contributed by atoms with van der Waals surface area (Å²) in [5.74, 6) is 0. The third-order valence-corrected chi connectivity index (χ3v) is 5.33. The molecule has 0 spiro atoms. The first-order valence-corrected chi connectivity index (χ1v) is 8.14. The first-order valence-electron chi connectivity index (χ1n) is 6.88. The molecule has 1 aromatic heterocycles. The standard InChI is InChI=1S/C16H19ClN2S/c1-10-14(20-9-19-10)8-18-15-13-6-12(17)5-4-11(13)7-16(15,2)3/h4-6,9,15,18H,7-8H2,1-3H3. The molecule has 1 atom stereocenters. The Hall–Kier alpha value is -0.900. The van der Waals surface area contributed by atoms with E-state index in [2.05, 4.69) is 43.2 Å². The Kier molecular flexibility index (Phi) is 3.61. The van der Waals surface area contributed by atoms with E-state index in [9.17, 15) is 0 Å². The number of halogens is 1. The van der Waals surface area contributed by atoms with Crippen LogP contribution in [0.5, 0.6) is 0 Å². The molecule has 0 fully saturated rings. The van der Waals surface area contributed by atoms with Crippen molar-refractivity contribution in [3.05, 3.63) is 50.4 Å². The summed E-state index contributed by atoms with van der Waals surface area (Å²) in [6, 6.07) is 6.62. The van der Waals surface area contributed by atoms with Crippen LogP contribution in [-0.4, -0.2) is 4.98 Å². The number of fused-ring (bicyclic) bond motifs is 1. The average Bonchev–Trinajstić information content (AvgIpc) is 2.88. The fourth-order valence-electron chi connectivity index (χ4n) is 3.09. The molecule has 2 aromatic rings.